The number of carbonyl (C=O) groups is 1. The van der Waals surface area contributed by atoms with E-state index in [0.29, 0.717) is 54.3 Å². The maximum Gasteiger partial charge on any atom is 0.418 e. The number of ether oxygens (including phenoxy) is 4. The van der Waals surface area contributed by atoms with Crippen molar-refractivity contribution in [2.24, 2.45) is 0 Å². The molecule has 4 aromatic rings. The standard InChI is InChI=1S/C34H38F3N5O6/c1-21(43)38-23-9-11-41(20-23)24-7-8-28(34(35,36)37)29(18-24)42-33(44)32-27(10-12-40(32)13-15-48-30-6-4-5-14-47-30)31(39-42)22-16-25(45-2)19-26(17-22)46-3/h7-8,10,12,16-19,23,30H,4-6,9,11,13-15,20H2,1-3H3,(H,38,43)/t23?,30-/m1/s1. The van der Waals surface area contributed by atoms with E-state index in [0.717, 1.165) is 30.0 Å². The van der Waals surface area contributed by atoms with E-state index in [2.05, 4.69) is 10.4 Å². The van der Waals surface area contributed by atoms with Gasteiger partial charge >= 0.3 is 6.18 Å². The molecule has 2 saturated heterocycles. The van der Waals surface area contributed by atoms with Gasteiger partial charge in [-0.3, -0.25) is 9.59 Å². The molecule has 2 aromatic heterocycles. The lowest BCUT2D eigenvalue weighted by atomic mass is 10.1. The van der Waals surface area contributed by atoms with Crippen LogP contribution < -0.4 is 25.2 Å². The predicted molar refractivity (Wildman–Crippen MR) is 173 cm³/mol. The Kier molecular flexibility index (Phi) is 9.65. The number of alkyl halides is 3. The minimum atomic E-state index is -4.79. The first-order chi connectivity index (χ1) is 23.0. The average Bonchev–Trinajstić information content (AvgIpc) is 3.72. The number of nitrogens with zero attached hydrogens (tertiary/aromatic N) is 4. The Morgan fingerprint density at radius 1 is 1.06 bits per heavy atom. The molecule has 2 aromatic carbocycles. The van der Waals surface area contributed by atoms with Crippen LogP contribution in [0.1, 0.15) is 38.2 Å². The highest BCUT2D eigenvalue weighted by molar-refractivity contribution is 5.93. The van der Waals surface area contributed by atoms with E-state index in [1.165, 1.54) is 33.3 Å². The predicted octanol–water partition coefficient (Wildman–Crippen LogP) is 5.15. The maximum absolute atomic E-state index is 14.6. The number of carbonyl (C=O) groups excluding carboxylic acids is 1. The Balaban J connectivity index is 1.50. The summed E-state index contributed by atoms with van der Waals surface area (Å²) in [6, 6.07) is 10.3. The number of benzene rings is 2. The lowest BCUT2D eigenvalue weighted by molar-refractivity contribution is -0.163. The number of fused-ring (bicyclic) bond motifs is 1. The van der Waals surface area contributed by atoms with Gasteiger partial charge in [0.05, 0.1) is 32.1 Å². The number of hydrogen-bond donors (Lipinski definition) is 1. The molecule has 0 spiro atoms. The normalized spacial score (nSPS) is 18.3. The zero-order valence-electron chi connectivity index (χ0n) is 27.0. The van der Waals surface area contributed by atoms with Crippen LogP contribution >= 0.6 is 0 Å². The molecule has 1 amide bonds. The zero-order chi connectivity index (χ0) is 34.0. The van der Waals surface area contributed by atoms with Gasteiger partial charge in [-0.25, -0.2) is 0 Å². The Bertz CT molecular complexity index is 1830. The van der Waals surface area contributed by atoms with Gasteiger partial charge in [0.2, 0.25) is 5.91 Å². The third-order valence-corrected chi connectivity index (χ3v) is 8.69. The van der Waals surface area contributed by atoms with Gasteiger partial charge in [-0.1, -0.05) is 0 Å². The first kappa shape index (κ1) is 33.3. The molecular formula is C34H38F3N5O6. The van der Waals surface area contributed by atoms with Crippen LogP contribution in [-0.4, -0.2) is 73.1 Å². The number of anilines is 1. The van der Waals surface area contributed by atoms with Gasteiger partial charge in [0.25, 0.3) is 5.56 Å². The van der Waals surface area contributed by atoms with E-state index < -0.39 is 23.0 Å². The summed E-state index contributed by atoms with van der Waals surface area (Å²) in [6.45, 7) is 3.45. The lowest BCUT2D eigenvalue weighted by Gasteiger charge is -2.23. The van der Waals surface area contributed by atoms with Crippen molar-refractivity contribution in [2.75, 3.05) is 45.4 Å². The third-order valence-electron chi connectivity index (χ3n) is 8.69. The second-order valence-electron chi connectivity index (χ2n) is 11.9. The third kappa shape index (κ3) is 6.99. The molecular weight excluding hydrogens is 631 g/mol. The SMILES string of the molecule is COc1cc(OC)cc(-c2nn(-c3cc(N4CCC(NC(C)=O)C4)ccc3C(F)(F)F)c(=O)c3c2ccn3CCO[C@@H]2CCCCO2)c1. The zero-order valence-corrected chi connectivity index (χ0v) is 27.0. The van der Waals surface area contributed by atoms with Crippen molar-refractivity contribution in [3.8, 4) is 28.4 Å². The quantitative estimate of drug-likeness (QED) is 0.247. The summed E-state index contributed by atoms with van der Waals surface area (Å²) in [5.74, 6) is 0.705. The first-order valence-electron chi connectivity index (χ1n) is 15.9. The molecule has 0 saturated carbocycles. The molecule has 48 heavy (non-hydrogen) atoms. The largest absolute Gasteiger partial charge is 0.497 e. The van der Waals surface area contributed by atoms with Crippen LogP contribution in [0.15, 0.2) is 53.5 Å². The van der Waals surface area contributed by atoms with Gasteiger partial charge in [0.1, 0.15) is 22.7 Å². The molecule has 14 heteroatoms. The highest BCUT2D eigenvalue weighted by atomic mass is 19.4. The molecule has 4 heterocycles. The number of methoxy groups -OCH3 is 2. The van der Waals surface area contributed by atoms with E-state index in [-0.39, 0.29) is 42.6 Å². The Morgan fingerprint density at radius 3 is 2.50 bits per heavy atom. The Hall–Kier alpha value is -4.56. The van der Waals surface area contributed by atoms with Crippen LogP contribution in [-0.2, 0) is 27.0 Å². The molecule has 2 aliphatic rings. The minimum Gasteiger partial charge on any atom is -0.497 e. The van der Waals surface area contributed by atoms with Crippen molar-refractivity contribution >= 4 is 22.5 Å². The van der Waals surface area contributed by atoms with Crippen LogP contribution in [0.4, 0.5) is 18.9 Å². The van der Waals surface area contributed by atoms with Crippen molar-refractivity contribution in [1.82, 2.24) is 19.7 Å². The van der Waals surface area contributed by atoms with Crippen LogP contribution in [0.5, 0.6) is 11.5 Å². The van der Waals surface area contributed by atoms with E-state index in [4.69, 9.17) is 18.9 Å². The van der Waals surface area contributed by atoms with Crippen molar-refractivity contribution < 1.29 is 36.9 Å². The van der Waals surface area contributed by atoms with Crippen molar-refractivity contribution in [3.05, 3.63) is 64.6 Å². The Morgan fingerprint density at radius 2 is 1.83 bits per heavy atom. The van der Waals surface area contributed by atoms with Gasteiger partial charge in [0, 0.05) is 68.1 Å². The summed E-state index contributed by atoms with van der Waals surface area (Å²) >= 11 is 0. The fraction of sp³-hybridized carbons (Fsp3) is 0.441. The van der Waals surface area contributed by atoms with Crippen molar-refractivity contribution in [3.63, 3.8) is 0 Å². The number of halogens is 3. The van der Waals surface area contributed by atoms with Crippen molar-refractivity contribution in [1.29, 1.82) is 0 Å². The molecule has 2 fully saturated rings. The van der Waals surface area contributed by atoms with Crippen LogP contribution in [0.3, 0.4) is 0 Å². The molecule has 2 aliphatic heterocycles. The molecule has 6 rings (SSSR count). The fourth-order valence-electron chi connectivity index (χ4n) is 6.37. The average molecular weight is 670 g/mol. The molecule has 0 radical (unpaired) electrons. The smallest absolute Gasteiger partial charge is 0.418 e. The number of hydrogen-bond acceptors (Lipinski definition) is 8. The first-order valence-corrected chi connectivity index (χ1v) is 15.9. The molecule has 256 valence electrons. The van der Waals surface area contributed by atoms with Crippen LogP contribution in [0.2, 0.25) is 0 Å². The van der Waals surface area contributed by atoms with E-state index >= 15 is 0 Å². The molecule has 0 bridgehead atoms. The van der Waals surface area contributed by atoms with Gasteiger partial charge in [0.15, 0.2) is 6.29 Å². The lowest BCUT2D eigenvalue weighted by Crippen LogP contribution is -2.35. The number of nitrogens with one attached hydrogen (secondary N) is 1. The molecule has 1 N–H and O–H groups in total. The second-order valence-corrected chi connectivity index (χ2v) is 11.9. The van der Waals surface area contributed by atoms with Crippen molar-refractivity contribution in [2.45, 2.75) is 57.7 Å². The Labute approximate surface area is 275 Å². The summed E-state index contributed by atoms with van der Waals surface area (Å²) < 4.78 is 68.8. The van der Waals surface area contributed by atoms with Gasteiger partial charge < -0.3 is 33.7 Å². The topological polar surface area (TPSA) is 109 Å². The molecule has 11 nitrogen and oxygen atoms in total. The van der Waals surface area contributed by atoms with Gasteiger partial charge in [-0.05, 0) is 62.1 Å². The van der Waals surface area contributed by atoms with E-state index in [1.54, 1.807) is 35.0 Å². The second kappa shape index (κ2) is 13.9. The van der Waals surface area contributed by atoms with Crippen LogP contribution in [0.25, 0.3) is 27.8 Å². The highest BCUT2D eigenvalue weighted by Crippen LogP contribution is 2.38. The summed E-state index contributed by atoms with van der Waals surface area (Å²) in [5.41, 5.74) is -0.753. The fourth-order valence-corrected chi connectivity index (χ4v) is 6.37. The molecule has 1 unspecified atom stereocenters. The van der Waals surface area contributed by atoms with Gasteiger partial charge in [-0.15, -0.1) is 0 Å². The highest BCUT2D eigenvalue weighted by Gasteiger charge is 2.36. The van der Waals surface area contributed by atoms with Gasteiger partial charge in [-0.2, -0.15) is 23.0 Å². The molecule has 0 aliphatic carbocycles. The summed E-state index contributed by atoms with van der Waals surface area (Å²) in [4.78, 5) is 27.8. The summed E-state index contributed by atoms with van der Waals surface area (Å²) in [6.07, 6.45) is -0.0614. The number of rotatable bonds is 10. The summed E-state index contributed by atoms with van der Waals surface area (Å²) in [5, 5.41) is 7.92. The minimum absolute atomic E-state index is 0.149. The van der Waals surface area contributed by atoms with E-state index in [9.17, 15) is 22.8 Å². The maximum atomic E-state index is 14.6. The number of aromatic nitrogens is 3. The summed E-state index contributed by atoms with van der Waals surface area (Å²) in [7, 11) is 2.98. The number of amides is 1. The van der Waals surface area contributed by atoms with E-state index in [1.807, 2.05) is 4.90 Å². The van der Waals surface area contributed by atoms with Crippen LogP contribution in [0, 0.1) is 0 Å². The molecule has 2 atom stereocenters. The monoisotopic (exact) mass is 669 g/mol.